The highest BCUT2D eigenvalue weighted by molar-refractivity contribution is 5.29. The van der Waals surface area contributed by atoms with E-state index in [1.165, 1.54) is 0 Å². The molecule has 0 aliphatic rings. The molecule has 3 nitrogen and oxygen atoms in total. The maximum absolute atomic E-state index is 6.19. The number of nitrogens with two attached hydrogens (primary N) is 1. The van der Waals surface area contributed by atoms with Gasteiger partial charge in [-0.2, -0.15) is 0 Å². The standard InChI is InChI=1S/C15H25NO2/c1-5-10-18-13-8-6-12(7-9-13)14(16)11-15(2,3)17-4/h6-9,14H,5,10-11,16H2,1-4H3. The summed E-state index contributed by atoms with van der Waals surface area (Å²) in [5.74, 6) is 0.902. The maximum Gasteiger partial charge on any atom is 0.119 e. The Morgan fingerprint density at radius 1 is 1.22 bits per heavy atom. The summed E-state index contributed by atoms with van der Waals surface area (Å²) in [5.41, 5.74) is 7.10. The highest BCUT2D eigenvalue weighted by atomic mass is 16.5. The molecule has 0 fully saturated rings. The predicted molar refractivity (Wildman–Crippen MR) is 74.9 cm³/mol. The van der Waals surface area contributed by atoms with Gasteiger partial charge in [-0.25, -0.2) is 0 Å². The van der Waals surface area contributed by atoms with Crippen molar-refractivity contribution >= 4 is 0 Å². The molecule has 2 N–H and O–H groups in total. The highest BCUT2D eigenvalue weighted by Gasteiger charge is 2.21. The molecule has 1 aromatic rings. The van der Waals surface area contributed by atoms with Gasteiger partial charge >= 0.3 is 0 Å². The minimum absolute atomic E-state index is 0.0137. The van der Waals surface area contributed by atoms with Crippen molar-refractivity contribution in [3.63, 3.8) is 0 Å². The summed E-state index contributed by atoms with van der Waals surface area (Å²) in [4.78, 5) is 0. The van der Waals surface area contributed by atoms with Crippen LogP contribution in [0.25, 0.3) is 0 Å². The van der Waals surface area contributed by atoms with E-state index in [2.05, 4.69) is 6.92 Å². The first-order chi connectivity index (χ1) is 8.48. The van der Waals surface area contributed by atoms with E-state index in [4.69, 9.17) is 15.2 Å². The summed E-state index contributed by atoms with van der Waals surface area (Å²) >= 11 is 0. The fraction of sp³-hybridized carbons (Fsp3) is 0.600. The molecule has 18 heavy (non-hydrogen) atoms. The number of hydrogen-bond donors (Lipinski definition) is 1. The second-order valence-corrected chi connectivity index (χ2v) is 5.19. The maximum atomic E-state index is 6.19. The molecule has 1 atom stereocenters. The number of ether oxygens (including phenoxy) is 2. The van der Waals surface area contributed by atoms with Crippen LogP contribution in [0.5, 0.6) is 5.75 Å². The van der Waals surface area contributed by atoms with Gasteiger partial charge in [0.2, 0.25) is 0 Å². The Labute approximate surface area is 110 Å². The second kappa shape index (κ2) is 6.76. The average Bonchev–Trinajstić information content (AvgIpc) is 2.36. The zero-order chi connectivity index (χ0) is 13.6. The van der Waals surface area contributed by atoms with E-state index < -0.39 is 0 Å². The van der Waals surface area contributed by atoms with Gasteiger partial charge in [0.05, 0.1) is 12.2 Å². The molecule has 0 heterocycles. The van der Waals surface area contributed by atoms with Crippen molar-refractivity contribution in [3.8, 4) is 5.75 Å². The molecule has 102 valence electrons. The summed E-state index contributed by atoms with van der Waals surface area (Å²) in [6, 6.07) is 8.00. The minimum atomic E-state index is -0.198. The third-order valence-corrected chi connectivity index (χ3v) is 3.05. The van der Waals surface area contributed by atoms with E-state index in [0.29, 0.717) is 0 Å². The van der Waals surface area contributed by atoms with Crippen LogP contribution in [0.1, 0.15) is 45.2 Å². The molecule has 0 saturated carbocycles. The number of methoxy groups -OCH3 is 1. The summed E-state index contributed by atoms with van der Waals surface area (Å²) in [6.45, 7) is 6.94. The number of rotatable bonds is 7. The van der Waals surface area contributed by atoms with Crippen LogP contribution in [0.4, 0.5) is 0 Å². The first kappa shape index (κ1) is 15.0. The molecule has 1 aromatic carbocycles. The van der Waals surface area contributed by atoms with Crippen LogP contribution >= 0.6 is 0 Å². The summed E-state index contributed by atoms with van der Waals surface area (Å²) in [6.07, 6.45) is 1.81. The molecule has 0 aromatic heterocycles. The van der Waals surface area contributed by atoms with Crippen LogP contribution in [0.15, 0.2) is 24.3 Å². The zero-order valence-corrected chi connectivity index (χ0v) is 11.9. The van der Waals surface area contributed by atoms with Crippen LogP contribution in [0.3, 0.4) is 0 Å². The predicted octanol–water partition coefficient (Wildman–Crippen LogP) is 3.29. The van der Waals surface area contributed by atoms with E-state index in [-0.39, 0.29) is 11.6 Å². The molecule has 0 aliphatic carbocycles. The second-order valence-electron chi connectivity index (χ2n) is 5.19. The van der Waals surface area contributed by atoms with Crippen LogP contribution in [0, 0.1) is 0 Å². The van der Waals surface area contributed by atoms with Crippen LogP contribution in [-0.4, -0.2) is 19.3 Å². The fourth-order valence-electron chi connectivity index (χ4n) is 1.76. The van der Waals surface area contributed by atoms with Crippen molar-refractivity contribution < 1.29 is 9.47 Å². The molecule has 0 spiro atoms. The normalized spacial score (nSPS) is 13.4. The molecular weight excluding hydrogens is 226 g/mol. The lowest BCUT2D eigenvalue weighted by atomic mass is 9.94. The third kappa shape index (κ3) is 4.67. The van der Waals surface area contributed by atoms with Crippen molar-refractivity contribution in [1.29, 1.82) is 0 Å². The Bertz CT molecular complexity index is 346. The molecule has 0 aliphatic heterocycles. The minimum Gasteiger partial charge on any atom is -0.494 e. The van der Waals surface area contributed by atoms with Gasteiger partial charge in [0.25, 0.3) is 0 Å². The quantitative estimate of drug-likeness (QED) is 0.808. The molecule has 0 bridgehead atoms. The van der Waals surface area contributed by atoms with Gasteiger partial charge in [-0.3, -0.25) is 0 Å². The first-order valence-corrected chi connectivity index (χ1v) is 6.52. The lowest BCUT2D eigenvalue weighted by Gasteiger charge is -2.26. The van der Waals surface area contributed by atoms with Gasteiger partial charge < -0.3 is 15.2 Å². The van der Waals surface area contributed by atoms with E-state index in [1.807, 2.05) is 38.1 Å². The molecule has 1 rings (SSSR count). The fourth-order valence-corrected chi connectivity index (χ4v) is 1.76. The monoisotopic (exact) mass is 251 g/mol. The molecule has 1 unspecified atom stereocenters. The first-order valence-electron chi connectivity index (χ1n) is 6.52. The highest BCUT2D eigenvalue weighted by Crippen LogP contribution is 2.25. The molecule has 3 heteroatoms. The zero-order valence-electron chi connectivity index (χ0n) is 11.9. The van der Waals surface area contributed by atoms with Crippen molar-refractivity contribution in [2.24, 2.45) is 5.73 Å². The number of hydrogen-bond acceptors (Lipinski definition) is 3. The third-order valence-electron chi connectivity index (χ3n) is 3.05. The largest absolute Gasteiger partial charge is 0.494 e. The van der Waals surface area contributed by atoms with Crippen molar-refractivity contribution in [2.45, 2.75) is 45.3 Å². The average molecular weight is 251 g/mol. The molecule has 0 amide bonds. The summed E-state index contributed by atoms with van der Waals surface area (Å²) in [5, 5.41) is 0. The van der Waals surface area contributed by atoms with Crippen LogP contribution < -0.4 is 10.5 Å². The Balaban J connectivity index is 2.61. The number of benzene rings is 1. The van der Waals surface area contributed by atoms with Crippen molar-refractivity contribution in [1.82, 2.24) is 0 Å². The van der Waals surface area contributed by atoms with Gasteiger partial charge in [-0.1, -0.05) is 19.1 Å². The van der Waals surface area contributed by atoms with Gasteiger partial charge in [-0.15, -0.1) is 0 Å². The van der Waals surface area contributed by atoms with Crippen LogP contribution in [0.2, 0.25) is 0 Å². The van der Waals surface area contributed by atoms with Gasteiger partial charge in [0, 0.05) is 13.2 Å². The Morgan fingerprint density at radius 3 is 2.33 bits per heavy atom. The Kier molecular flexibility index (Phi) is 5.63. The van der Waals surface area contributed by atoms with Crippen LogP contribution in [-0.2, 0) is 4.74 Å². The van der Waals surface area contributed by atoms with E-state index in [9.17, 15) is 0 Å². The van der Waals surface area contributed by atoms with E-state index in [0.717, 1.165) is 30.8 Å². The molecular formula is C15H25NO2. The van der Waals surface area contributed by atoms with Crippen molar-refractivity contribution in [2.75, 3.05) is 13.7 Å². The lowest BCUT2D eigenvalue weighted by molar-refractivity contribution is 0.00995. The summed E-state index contributed by atoms with van der Waals surface area (Å²) < 4.78 is 10.9. The smallest absolute Gasteiger partial charge is 0.119 e. The van der Waals surface area contributed by atoms with Gasteiger partial charge in [-0.05, 0) is 44.4 Å². The molecule has 0 saturated heterocycles. The van der Waals surface area contributed by atoms with E-state index in [1.54, 1.807) is 7.11 Å². The topological polar surface area (TPSA) is 44.5 Å². The van der Waals surface area contributed by atoms with Gasteiger partial charge in [0.1, 0.15) is 5.75 Å². The van der Waals surface area contributed by atoms with E-state index >= 15 is 0 Å². The SMILES string of the molecule is CCCOc1ccc(C(N)CC(C)(C)OC)cc1. The van der Waals surface area contributed by atoms with Crippen molar-refractivity contribution in [3.05, 3.63) is 29.8 Å². The summed E-state index contributed by atoms with van der Waals surface area (Å²) in [7, 11) is 1.72. The Hall–Kier alpha value is -1.06. The molecule has 0 radical (unpaired) electrons. The van der Waals surface area contributed by atoms with Gasteiger partial charge in [0.15, 0.2) is 0 Å². The lowest BCUT2D eigenvalue weighted by Crippen LogP contribution is -2.28. The Morgan fingerprint density at radius 2 is 1.83 bits per heavy atom.